The highest BCUT2D eigenvalue weighted by Crippen LogP contribution is 2.27. The minimum atomic E-state index is -0.497. The molecule has 0 aromatic carbocycles. The zero-order chi connectivity index (χ0) is 13.8. The van der Waals surface area contributed by atoms with Gasteiger partial charge in [0, 0.05) is 19.1 Å². The quantitative estimate of drug-likeness (QED) is 0.398. The number of hydrogen-bond donors (Lipinski definition) is 3. The van der Waals surface area contributed by atoms with E-state index in [0.29, 0.717) is 19.1 Å². The molecule has 0 saturated carbocycles. The lowest BCUT2D eigenvalue weighted by atomic mass is 10.1. The summed E-state index contributed by atoms with van der Waals surface area (Å²) in [5, 5.41) is 14.0. The summed E-state index contributed by atoms with van der Waals surface area (Å²) in [6.45, 7) is 3.51. The fourth-order valence-corrected chi connectivity index (χ4v) is 1.96. The minimum absolute atomic E-state index is 0.127. The normalized spacial score (nSPS) is 18.3. The van der Waals surface area contributed by atoms with Crippen LogP contribution < -0.4 is 16.6 Å². The number of hydrogen-bond acceptors (Lipinski definition) is 8. The van der Waals surface area contributed by atoms with Crippen molar-refractivity contribution >= 4 is 17.5 Å². The van der Waals surface area contributed by atoms with E-state index >= 15 is 0 Å². The van der Waals surface area contributed by atoms with Gasteiger partial charge in [0.15, 0.2) is 0 Å². The molecular weight excluding hydrogens is 252 g/mol. The molecule has 1 fully saturated rings. The maximum atomic E-state index is 11.0. The first-order valence-electron chi connectivity index (χ1n) is 5.93. The molecule has 9 nitrogen and oxygen atoms in total. The van der Waals surface area contributed by atoms with E-state index in [4.69, 9.17) is 10.6 Å². The summed E-state index contributed by atoms with van der Waals surface area (Å²) in [6, 6.07) is 0. The first-order chi connectivity index (χ1) is 9.11. The second kappa shape index (κ2) is 5.76. The Balaban J connectivity index is 2.20. The van der Waals surface area contributed by atoms with Crippen LogP contribution in [0.2, 0.25) is 0 Å². The molecule has 2 rings (SSSR count). The van der Waals surface area contributed by atoms with Gasteiger partial charge >= 0.3 is 5.69 Å². The molecule has 2 heterocycles. The van der Waals surface area contributed by atoms with E-state index in [1.54, 1.807) is 6.92 Å². The van der Waals surface area contributed by atoms with Crippen LogP contribution in [0.4, 0.5) is 17.5 Å². The van der Waals surface area contributed by atoms with E-state index in [1.807, 2.05) is 0 Å². The Hall–Kier alpha value is -2.00. The number of nitrogen functional groups attached to an aromatic ring is 1. The fourth-order valence-electron chi connectivity index (χ4n) is 1.96. The monoisotopic (exact) mass is 268 g/mol. The Labute approximate surface area is 109 Å². The number of nitro groups is 1. The van der Waals surface area contributed by atoms with Crippen LogP contribution in [0, 0.1) is 23.0 Å². The minimum Gasteiger partial charge on any atom is -0.381 e. The van der Waals surface area contributed by atoms with Gasteiger partial charge in [0.2, 0.25) is 11.8 Å². The highest BCUT2D eigenvalue weighted by Gasteiger charge is 2.23. The van der Waals surface area contributed by atoms with E-state index < -0.39 is 4.92 Å². The average molecular weight is 268 g/mol. The molecule has 0 spiro atoms. The second-order valence-corrected chi connectivity index (χ2v) is 4.34. The summed E-state index contributed by atoms with van der Waals surface area (Å²) in [5.41, 5.74) is 2.43. The number of nitrogens with two attached hydrogens (primary N) is 1. The standard InChI is InChI=1S/C10H16N6O3/c1-6-8(16(17)18)9(14-10(13-6)15-11)12-4-7-2-3-19-5-7/h7H,2-5,11H2,1H3,(H2,12,13,14,15). The van der Waals surface area contributed by atoms with Crippen molar-refractivity contribution in [2.24, 2.45) is 11.8 Å². The first-order valence-corrected chi connectivity index (χ1v) is 5.93. The van der Waals surface area contributed by atoms with E-state index in [9.17, 15) is 10.1 Å². The predicted molar refractivity (Wildman–Crippen MR) is 68.6 cm³/mol. The molecule has 0 amide bonds. The Morgan fingerprint density at radius 1 is 1.58 bits per heavy atom. The molecule has 1 unspecified atom stereocenters. The van der Waals surface area contributed by atoms with Crippen molar-refractivity contribution in [3.05, 3.63) is 15.8 Å². The zero-order valence-corrected chi connectivity index (χ0v) is 10.5. The molecule has 1 aromatic rings. The first kappa shape index (κ1) is 13.4. The molecule has 1 saturated heterocycles. The third-order valence-corrected chi connectivity index (χ3v) is 2.95. The molecule has 1 aliphatic rings. The molecule has 1 aromatic heterocycles. The van der Waals surface area contributed by atoms with Crippen molar-refractivity contribution in [2.45, 2.75) is 13.3 Å². The molecule has 0 bridgehead atoms. The highest BCUT2D eigenvalue weighted by atomic mass is 16.6. The molecule has 1 atom stereocenters. The zero-order valence-electron chi connectivity index (χ0n) is 10.5. The average Bonchev–Trinajstić information content (AvgIpc) is 2.88. The van der Waals surface area contributed by atoms with Gasteiger partial charge in [-0.05, 0) is 13.3 Å². The van der Waals surface area contributed by atoms with E-state index in [1.165, 1.54) is 0 Å². The number of rotatable bonds is 5. The van der Waals surface area contributed by atoms with Crippen LogP contribution >= 0.6 is 0 Å². The van der Waals surface area contributed by atoms with Gasteiger partial charge in [0.1, 0.15) is 5.69 Å². The van der Waals surface area contributed by atoms with Crippen molar-refractivity contribution in [1.82, 2.24) is 9.97 Å². The van der Waals surface area contributed by atoms with Gasteiger partial charge in [-0.1, -0.05) is 0 Å². The third kappa shape index (κ3) is 3.06. The van der Waals surface area contributed by atoms with Gasteiger partial charge in [-0.25, -0.2) is 10.8 Å². The van der Waals surface area contributed by atoms with Crippen molar-refractivity contribution in [3.8, 4) is 0 Å². The lowest BCUT2D eigenvalue weighted by molar-refractivity contribution is -0.385. The van der Waals surface area contributed by atoms with Crippen molar-refractivity contribution in [2.75, 3.05) is 30.5 Å². The SMILES string of the molecule is Cc1nc(NN)nc(NCC2CCOC2)c1[N+](=O)[O-]. The molecule has 4 N–H and O–H groups in total. The third-order valence-electron chi connectivity index (χ3n) is 2.95. The van der Waals surface area contributed by atoms with Crippen LogP contribution in [-0.4, -0.2) is 34.6 Å². The smallest absolute Gasteiger partial charge is 0.332 e. The topological polar surface area (TPSA) is 128 Å². The lowest BCUT2D eigenvalue weighted by Crippen LogP contribution is -2.18. The van der Waals surface area contributed by atoms with Crippen molar-refractivity contribution in [1.29, 1.82) is 0 Å². The Morgan fingerprint density at radius 2 is 2.37 bits per heavy atom. The number of nitrogens with zero attached hydrogens (tertiary/aromatic N) is 3. The van der Waals surface area contributed by atoms with Gasteiger partial charge in [-0.2, -0.15) is 4.98 Å². The summed E-state index contributed by atoms with van der Waals surface area (Å²) in [4.78, 5) is 18.4. The number of anilines is 2. The summed E-state index contributed by atoms with van der Waals surface area (Å²) < 4.78 is 5.25. The molecule has 0 radical (unpaired) electrons. The summed E-state index contributed by atoms with van der Waals surface area (Å²) >= 11 is 0. The number of aromatic nitrogens is 2. The Morgan fingerprint density at radius 3 is 2.95 bits per heavy atom. The maximum absolute atomic E-state index is 11.0. The lowest BCUT2D eigenvalue weighted by Gasteiger charge is -2.11. The molecule has 0 aliphatic carbocycles. The number of ether oxygens (including phenoxy) is 1. The van der Waals surface area contributed by atoms with Crippen LogP contribution in [0.25, 0.3) is 0 Å². The Kier molecular flexibility index (Phi) is 4.07. The van der Waals surface area contributed by atoms with Crippen LogP contribution in [0.3, 0.4) is 0 Å². The van der Waals surface area contributed by atoms with Crippen molar-refractivity contribution < 1.29 is 9.66 Å². The summed E-state index contributed by atoms with van der Waals surface area (Å²) in [6.07, 6.45) is 0.937. The van der Waals surface area contributed by atoms with Gasteiger partial charge < -0.3 is 10.1 Å². The van der Waals surface area contributed by atoms with Gasteiger partial charge in [0.05, 0.1) is 11.5 Å². The molecule has 19 heavy (non-hydrogen) atoms. The largest absolute Gasteiger partial charge is 0.381 e. The summed E-state index contributed by atoms with van der Waals surface area (Å²) in [5.74, 6) is 5.90. The number of hydrazine groups is 1. The van der Waals surface area contributed by atoms with Crippen LogP contribution in [0.15, 0.2) is 0 Å². The fraction of sp³-hybridized carbons (Fsp3) is 0.600. The van der Waals surface area contributed by atoms with Gasteiger partial charge in [-0.15, -0.1) is 0 Å². The predicted octanol–water partition coefficient (Wildman–Crippen LogP) is 0.427. The maximum Gasteiger partial charge on any atom is 0.332 e. The van der Waals surface area contributed by atoms with Crippen LogP contribution in [0.5, 0.6) is 0 Å². The number of aryl methyl sites for hydroxylation is 1. The van der Waals surface area contributed by atoms with Crippen LogP contribution in [-0.2, 0) is 4.74 Å². The molecular formula is C10H16N6O3. The number of nitrogens with one attached hydrogen (secondary N) is 2. The van der Waals surface area contributed by atoms with E-state index in [0.717, 1.165) is 13.0 Å². The highest BCUT2D eigenvalue weighted by molar-refractivity contribution is 5.60. The molecule has 9 heteroatoms. The summed E-state index contributed by atoms with van der Waals surface area (Å²) in [7, 11) is 0. The van der Waals surface area contributed by atoms with Gasteiger partial charge in [0.25, 0.3) is 0 Å². The Bertz CT molecular complexity index is 475. The molecule has 104 valence electrons. The van der Waals surface area contributed by atoms with Crippen molar-refractivity contribution in [3.63, 3.8) is 0 Å². The van der Waals surface area contributed by atoms with E-state index in [-0.39, 0.29) is 23.1 Å². The van der Waals surface area contributed by atoms with Gasteiger partial charge in [-0.3, -0.25) is 15.5 Å². The van der Waals surface area contributed by atoms with E-state index in [2.05, 4.69) is 20.7 Å². The molecule has 1 aliphatic heterocycles. The second-order valence-electron chi connectivity index (χ2n) is 4.34. The van der Waals surface area contributed by atoms with Crippen LogP contribution in [0.1, 0.15) is 12.1 Å².